The van der Waals surface area contributed by atoms with Gasteiger partial charge in [-0.15, -0.1) is 5.10 Å². The highest BCUT2D eigenvalue weighted by atomic mass is 32.2. The van der Waals surface area contributed by atoms with Crippen molar-refractivity contribution in [1.82, 2.24) is 20.2 Å². The fourth-order valence-corrected chi connectivity index (χ4v) is 3.99. The molecule has 1 aromatic carbocycles. The quantitative estimate of drug-likeness (QED) is 0.782. The lowest BCUT2D eigenvalue weighted by Crippen LogP contribution is -2.24. The zero-order valence-corrected chi connectivity index (χ0v) is 16.5. The van der Waals surface area contributed by atoms with Crippen molar-refractivity contribution >= 4 is 23.4 Å². The SMILES string of the molecule is Cc1cc(C)c(NC(=O)C(C)Sc2nnnn2CC2CCCO2)c(C)c1. The van der Waals surface area contributed by atoms with Crippen LogP contribution in [0.5, 0.6) is 0 Å². The maximum absolute atomic E-state index is 12.6. The van der Waals surface area contributed by atoms with Gasteiger partial charge in [0.25, 0.3) is 0 Å². The summed E-state index contributed by atoms with van der Waals surface area (Å²) in [6.45, 7) is 9.36. The molecule has 2 unspecified atom stereocenters. The molecule has 140 valence electrons. The fourth-order valence-electron chi connectivity index (χ4n) is 3.19. The minimum absolute atomic E-state index is 0.0586. The number of carbonyl (C=O) groups excluding carboxylic acids is 1. The standard InChI is InChI=1S/C18H25N5O2S/c1-11-8-12(2)16(13(3)9-11)19-17(24)14(4)26-18-20-21-22-23(18)10-15-6-5-7-25-15/h8-9,14-15H,5-7,10H2,1-4H3,(H,19,24). The predicted molar refractivity (Wildman–Crippen MR) is 101 cm³/mol. The summed E-state index contributed by atoms with van der Waals surface area (Å²) in [5.41, 5.74) is 4.20. The van der Waals surface area contributed by atoms with Crippen molar-refractivity contribution in [2.24, 2.45) is 0 Å². The van der Waals surface area contributed by atoms with E-state index in [2.05, 4.69) is 39.9 Å². The Morgan fingerprint density at radius 2 is 2.12 bits per heavy atom. The van der Waals surface area contributed by atoms with Crippen molar-refractivity contribution < 1.29 is 9.53 Å². The summed E-state index contributed by atoms with van der Waals surface area (Å²) >= 11 is 1.36. The molecule has 26 heavy (non-hydrogen) atoms. The molecule has 8 heteroatoms. The van der Waals surface area contributed by atoms with E-state index in [9.17, 15) is 4.79 Å². The largest absolute Gasteiger partial charge is 0.376 e. The third kappa shape index (κ3) is 4.42. The number of aromatic nitrogens is 4. The van der Waals surface area contributed by atoms with Crippen LogP contribution in [0.2, 0.25) is 0 Å². The normalized spacial score (nSPS) is 18.1. The number of tetrazole rings is 1. The smallest absolute Gasteiger partial charge is 0.237 e. The number of benzene rings is 1. The van der Waals surface area contributed by atoms with Crippen LogP contribution in [0.4, 0.5) is 5.69 Å². The number of nitrogens with one attached hydrogen (secondary N) is 1. The van der Waals surface area contributed by atoms with Crippen LogP contribution in [0.1, 0.15) is 36.5 Å². The van der Waals surface area contributed by atoms with E-state index < -0.39 is 0 Å². The van der Waals surface area contributed by atoms with E-state index in [1.165, 1.54) is 17.3 Å². The van der Waals surface area contributed by atoms with Crippen LogP contribution in [-0.4, -0.2) is 44.1 Å². The fraction of sp³-hybridized carbons (Fsp3) is 0.556. The molecule has 0 spiro atoms. The lowest BCUT2D eigenvalue weighted by atomic mass is 10.1. The molecule has 1 saturated heterocycles. The van der Waals surface area contributed by atoms with Gasteiger partial charge in [-0.2, -0.15) is 0 Å². The molecule has 1 fully saturated rings. The van der Waals surface area contributed by atoms with Crippen LogP contribution in [0, 0.1) is 20.8 Å². The minimum atomic E-state index is -0.315. The molecule has 2 atom stereocenters. The second-order valence-corrected chi connectivity index (χ2v) is 8.11. The van der Waals surface area contributed by atoms with Gasteiger partial charge in [-0.1, -0.05) is 29.5 Å². The Bertz CT molecular complexity index is 763. The molecule has 0 saturated carbocycles. The van der Waals surface area contributed by atoms with E-state index >= 15 is 0 Å². The highest BCUT2D eigenvalue weighted by molar-refractivity contribution is 8.00. The third-order valence-corrected chi connectivity index (χ3v) is 5.55. The van der Waals surface area contributed by atoms with Crippen LogP contribution in [0.15, 0.2) is 17.3 Å². The van der Waals surface area contributed by atoms with Crippen molar-refractivity contribution in [3.63, 3.8) is 0 Å². The minimum Gasteiger partial charge on any atom is -0.376 e. The molecule has 0 bridgehead atoms. The Morgan fingerprint density at radius 1 is 1.38 bits per heavy atom. The molecule has 3 rings (SSSR count). The second-order valence-electron chi connectivity index (χ2n) is 6.80. The lowest BCUT2D eigenvalue weighted by Gasteiger charge is -2.16. The Morgan fingerprint density at radius 3 is 2.77 bits per heavy atom. The molecular weight excluding hydrogens is 350 g/mol. The topological polar surface area (TPSA) is 81.9 Å². The Hall–Kier alpha value is -1.93. The van der Waals surface area contributed by atoms with Gasteiger partial charge in [0.1, 0.15) is 0 Å². The van der Waals surface area contributed by atoms with E-state index in [-0.39, 0.29) is 17.3 Å². The first kappa shape index (κ1) is 18.8. The first-order valence-electron chi connectivity index (χ1n) is 8.87. The predicted octanol–water partition coefficient (Wildman–Crippen LogP) is 2.90. The van der Waals surface area contributed by atoms with Crippen molar-refractivity contribution in [3.05, 3.63) is 28.8 Å². The summed E-state index contributed by atoms with van der Waals surface area (Å²) in [6.07, 6.45) is 2.25. The third-order valence-electron chi connectivity index (χ3n) is 4.48. The number of thioether (sulfide) groups is 1. The molecule has 1 aromatic heterocycles. The number of hydrogen-bond acceptors (Lipinski definition) is 6. The first-order chi connectivity index (χ1) is 12.4. The molecular formula is C18H25N5O2S. The van der Waals surface area contributed by atoms with Gasteiger partial charge in [-0.25, -0.2) is 4.68 Å². The van der Waals surface area contributed by atoms with Crippen LogP contribution < -0.4 is 5.32 Å². The highest BCUT2D eigenvalue weighted by Gasteiger charge is 2.23. The zero-order chi connectivity index (χ0) is 18.7. The Balaban J connectivity index is 1.64. The van der Waals surface area contributed by atoms with Gasteiger partial charge in [0.15, 0.2) is 0 Å². The monoisotopic (exact) mass is 375 g/mol. The number of carbonyl (C=O) groups is 1. The molecule has 1 amide bonds. The number of rotatable bonds is 6. The summed E-state index contributed by atoms with van der Waals surface area (Å²) in [6, 6.07) is 4.14. The summed E-state index contributed by atoms with van der Waals surface area (Å²) in [7, 11) is 0. The number of ether oxygens (including phenoxy) is 1. The van der Waals surface area contributed by atoms with Gasteiger partial charge in [0.2, 0.25) is 11.1 Å². The molecule has 2 aromatic rings. The molecule has 1 aliphatic heterocycles. The molecule has 1 aliphatic rings. The lowest BCUT2D eigenvalue weighted by molar-refractivity contribution is -0.115. The first-order valence-corrected chi connectivity index (χ1v) is 9.75. The summed E-state index contributed by atoms with van der Waals surface area (Å²) in [5, 5.41) is 15.2. The van der Waals surface area contributed by atoms with Gasteiger partial charge in [-0.3, -0.25) is 4.79 Å². The number of anilines is 1. The van der Waals surface area contributed by atoms with Crippen LogP contribution >= 0.6 is 11.8 Å². The number of amides is 1. The van der Waals surface area contributed by atoms with Gasteiger partial charge >= 0.3 is 0 Å². The van der Waals surface area contributed by atoms with Crippen LogP contribution in [-0.2, 0) is 16.1 Å². The van der Waals surface area contributed by atoms with E-state index in [0.717, 1.165) is 36.3 Å². The van der Waals surface area contributed by atoms with Gasteiger partial charge in [0, 0.05) is 12.3 Å². The van der Waals surface area contributed by atoms with E-state index in [1.54, 1.807) is 4.68 Å². The maximum Gasteiger partial charge on any atom is 0.237 e. The van der Waals surface area contributed by atoms with Crippen molar-refractivity contribution in [2.75, 3.05) is 11.9 Å². The van der Waals surface area contributed by atoms with Gasteiger partial charge < -0.3 is 10.1 Å². The second kappa shape index (κ2) is 8.18. The Kier molecular flexibility index (Phi) is 5.93. The molecule has 7 nitrogen and oxygen atoms in total. The summed E-state index contributed by atoms with van der Waals surface area (Å²) in [5.74, 6) is -0.0586. The molecule has 1 N–H and O–H groups in total. The summed E-state index contributed by atoms with van der Waals surface area (Å²) in [4.78, 5) is 12.6. The highest BCUT2D eigenvalue weighted by Crippen LogP contribution is 2.26. The number of nitrogens with zero attached hydrogens (tertiary/aromatic N) is 4. The zero-order valence-electron chi connectivity index (χ0n) is 15.7. The van der Waals surface area contributed by atoms with E-state index in [1.807, 2.05) is 20.8 Å². The molecule has 0 radical (unpaired) electrons. The van der Waals surface area contributed by atoms with Crippen LogP contribution in [0.25, 0.3) is 0 Å². The van der Waals surface area contributed by atoms with Crippen molar-refractivity contribution in [2.45, 2.75) is 63.6 Å². The van der Waals surface area contributed by atoms with Gasteiger partial charge in [-0.05, 0) is 62.1 Å². The average molecular weight is 375 g/mol. The average Bonchev–Trinajstić information content (AvgIpc) is 3.23. The van der Waals surface area contributed by atoms with Gasteiger partial charge in [0.05, 0.1) is 17.9 Å². The van der Waals surface area contributed by atoms with E-state index in [4.69, 9.17) is 4.74 Å². The van der Waals surface area contributed by atoms with Crippen molar-refractivity contribution in [1.29, 1.82) is 0 Å². The summed E-state index contributed by atoms with van der Waals surface area (Å²) < 4.78 is 7.37. The molecule has 0 aliphatic carbocycles. The van der Waals surface area contributed by atoms with Crippen molar-refractivity contribution in [3.8, 4) is 0 Å². The molecule has 2 heterocycles. The number of aryl methyl sites for hydroxylation is 3. The van der Waals surface area contributed by atoms with Crippen LogP contribution in [0.3, 0.4) is 0 Å². The number of hydrogen-bond donors (Lipinski definition) is 1. The Labute approximate surface area is 157 Å². The maximum atomic E-state index is 12.6. The van der Waals surface area contributed by atoms with E-state index in [0.29, 0.717) is 11.7 Å².